The van der Waals surface area contributed by atoms with Gasteiger partial charge in [0.25, 0.3) is 0 Å². The van der Waals surface area contributed by atoms with Crippen molar-refractivity contribution in [2.24, 2.45) is 0 Å². The van der Waals surface area contributed by atoms with Crippen molar-refractivity contribution in [1.29, 1.82) is 0 Å². The van der Waals surface area contributed by atoms with E-state index < -0.39 is 0 Å². The van der Waals surface area contributed by atoms with Gasteiger partial charge < -0.3 is 9.72 Å². The lowest BCUT2D eigenvalue weighted by Gasteiger charge is -2.34. The number of hydrogen-bond acceptors (Lipinski definition) is 4. The first kappa shape index (κ1) is 16.8. The van der Waals surface area contributed by atoms with E-state index in [2.05, 4.69) is 33.8 Å². The molecule has 1 aromatic carbocycles. The van der Waals surface area contributed by atoms with Gasteiger partial charge in [0.05, 0.1) is 37.1 Å². The zero-order valence-electron chi connectivity index (χ0n) is 15.6. The molecule has 0 bridgehead atoms. The number of nitrogens with one attached hydrogen (secondary N) is 1. The Bertz CT molecular complexity index is 880. The van der Waals surface area contributed by atoms with Crippen LogP contribution in [0.25, 0.3) is 5.69 Å². The smallest absolute Gasteiger partial charge is 0.119 e. The first-order chi connectivity index (χ1) is 12.7. The Morgan fingerprint density at radius 1 is 1.27 bits per heavy atom. The van der Waals surface area contributed by atoms with E-state index >= 15 is 0 Å². The highest BCUT2D eigenvalue weighted by molar-refractivity contribution is 5.39. The highest BCUT2D eigenvalue weighted by Gasteiger charge is 2.28. The van der Waals surface area contributed by atoms with Crippen LogP contribution in [-0.2, 0) is 13.0 Å². The largest absolute Gasteiger partial charge is 0.497 e. The molecule has 3 heterocycles. The Morgan fingerprint density at radius 2 is 2.08 bits per heavy atom. The standard InChI is InChI=1S/C20H25N5O/c1-4-19-20-18(21-13-22-20)9-10-24(19)12-15-11-23-25(14(15)2)16-5-7-17(26-3)8-6-16/h5-8,11,13,19H,4,9-10,12H2,1-3H3,(H,21,22). The maximum atomic E-state index is 5.24. The number of hydrogen-bond donors (Lipinski definition) is 1. The second kappa shape index (κ2) is 6.96. The van der Waals surface area contributed by atoms with E-state index in [1.165, 1.54) is 22.6 Å². The van der Waals surface area contributed by atoms with Crippen molar-refractivity contribution in [2.75, 3.05) is 13.7 Å². The van der Waals surface area contributed by atoms with Crippen molar-refractivity contribution in [3.63, 3.8) is 0 Å². The van der Waals surface area contributed by atoms with E-state index in [0.717, 1.165) is 37.4 Å². The monoisotopic (exact) mass is 351 g/mol. The van der Waals surface area contributed by atoms with E-state index in [0.29, 0.717) is 6.04 Å². The fraction of sp³-hybridized carbons (Fsp3) is 0.400. The summed E-state index contributed by atoms with van der Waals surface area (Å²) in [4.78, 5) is 10.4. The Morgan fingerprint density at radius 3 is 2.81 bits per heavy atom. The molecule has 0 saturated heterocycles. The van der Waals surface area contributed by atoms with Gasteiger partial charge in [0.1, 0.15) is 5.75 Å². The van der Waals surface area contributed by atoms with Crippen LogP contribution in [0.4, 0.5) is 0 Å². The molecule has 4 rings (SSSR count). The van der Waals surface area contributed by atoms with Crippen LogP contribution in [0, 0.1) is 6.92 Å². The summed E-state index contributed by atoms with van der Waals surface area (Å²) in [6, 6.07) is 8.37. The number of methoxy groups -OCH3 is 1. The summed E-state index contributed by atoms with van der Waals surface area (Å²) in [5.41, 5.74) is 5.99. The lowest BCUT2D eigenvalue weighted by molar-refractivity contribution is 0.167. The minimum absolute atomic E-state index is 0.369. The fourth-order valence-corrected chi connectivity index (χ4v) is 3.85. The van der Waals surface area contributed by atoms with Crippen molar-refractivity contribution in [1.82, 2.24) is 24.6 Å². The van der Waals surface area contributed by atoms with Gasteiger partial charge in [-0.25, -0.2) is 9.67 Å². The lowest BCUT2D eigenvalue weighted by atomic mass is 10.00. The van der Waals surface area contributed by atoms with E-state index in [1.807, 2.05) is 41.5 Å². The molecule has 6 heteroatoms. The molecule has 0 spiro atoms. The number of nitrogens with zero attached hydrogens (tertiary/aromatic N) is 4. The number of aromatic nitrogens is 4. The van der Waals surface area contributed by atoms with Gasteiger partial charge in [0, 0.05) is 36.5 Å². The molecule has 0 radical (unpaired) electrons. The summed E-state index contributed by atoms with van der Waals surface area (Å²) in [5, 5.41) is 4.62. The Labute approximate surface area is 153 Å². The van der Waals surface area contributed by atoms with Crippen molar-refractivity contribution >= 4 is 0 Å². The third-order valence-corrected chi connectivity index (χ3v) is 5.35. The number of imidazole rings is 1. The number of benzene rings is 1. The predicted octanol–water partition coefficient (Wildman–Crippen LogP) is 3.42. The Hall–Kier alpha value is -2.60. The molecule has 1 unspecified atom stereocenters. The predicted molar refractivity (Wildman–Crippen MR) is 101 cm³/mol. The molecule has 0 amide bonds. The van der Waals surface area contributed by atoms with Crippen LogP contribution in [0.1, 0.15) is 42.0 Å². The molecule has 136 valence electrons. The number of aromatic amines is 1. The molecule has 0 fully saturated rings. The van der Waals surface area contributed by atoms with Crippen LogP contribution in [-0.4, -0.2) is 38.3 Å². The first-order valence-corrected chi connectivity index (χ1v) is 9.15. The van der Waals surface area contributed by atoms with E-state index in [-0.39, 0.29) is 0 Å². The van der Waals surface area contributed by atoms with Gasteiger partial charge in [-0.2, -0.15) is 5.10 Å². The van der Waals surface area contributed by atoms with Gasteiger partial charge in [-0.1, -0.05) is 6.92 Å². The number of rotatable bonds is 5. The first-order valence-electron chi connectivity index (χ1n) is 9.15. The van der Waals surface area contributed by atoms with E-state index in [1.54, 1.807) is 7.11 Å². The van der Waals surface area contributed by atoms with Crippen molar-refractivity contribution in [3.05, 3.63) is 59.4 Å². The minimum Gasteiger partial charge on any atom is -0.497 e. The molecule has 1 atom stereocenters. The summed E-state index contributed by atoms with van der Waals surface area (Å²) in [6.07, 6.45) is 5.90. The van der Waals surface area contributed by atoms with Gasteiger partial charge in [0.15, 0.2) is 0 Å². The summed E-state index contributed by atoms with van der Waals surface area (Å²) in [7, 11) is 1.68. The molecule has 6 nitrogen and oxygen atoms in total. The average molecular weight is 351 g/mol. The van der Waals surface area contributed by atoms with Crippen molar-refractivity contribution in [3.8, 4) is 11.4 Å². The fourth-order valence-electron chi connectivity index (χ4n) is 3.85. The maximum absolute atomic E-state index is 5.24. The van der Waals surface area contributed by atoms with Gasteiger partial charge in [-0.3, -0.25) is 4.90 Å². The highest BCUT2D eigenvalue weighted by atomic mass is 16.5. The van der Waals surface area contributed by atoms with E-state index in [4.69, 9.17) is 4.74 Å². The molecule has 2 aromatic heterocycles. The molecule has 1 aliphatic rings. The molecule has 1 aliphatic heterocycles. The van der Waals surface area contributed by atoms with Crippen LogP contribution in [0.15, 0.2) is 36.8 Å². The molecule has 3 aromatic rings. The normalized spacial score (nSPS) is 17.3. The van der Waals surface area contributed by atoms with Crippen LogP contribution >= 0.6 is 0 Å². The SMILES string of the molecule is CCC1c2nc[nH]c2CCN1Cc1cnn(-c2ccc(OC)cc2)c1C. The summed E-state index contributed by atoms with van der Waals surface area (Å²) < 4.78 is 7.24. The third-order valence-electron chi connectivity index (χ3n) is 5.35. The number of H-pyrrole nitrogens is 1. The zero-order chi connectivity index (χ0) is 18.1. The number of fused-ring (bicyclic) bond motifs is 1. The van der Waals surface area contributed by atoms with Crippen molar-refractivity contribution < 1.29 is 4.74 Å². The Balaban J connectivity index is 1.57. The Kier molecular flexibility index (Phi) is 4.51. The van der Waals surface area contributed by atoms with Crippen LogP contribution in [0.5, 0.6) is 5.75 Å². The van der Waals surface area contributed by atoms with Crippen LogP contribution in [0.2, 0.25) is 0 Å². The lowest BCUT2D eigenvalue weighted by Crippen LogP contribution is -2.35. The molecule has 1 N–H and O–H groups in total. The van der Waals surface area contributed by atoms with Crippen LogP contribution in [0.3, 0.4) is 0 Å². The second-order valence-corrected chi connectivity index (χ2v) is 6.78. The molecule has 0 aliphatic carbocycles. The molecular formula is C20H25N5O. The summed E-state index contributed by atoms with van der Waals surface area (Å²) in [5.74, 6) is 0.854. The molecular weight excluding hydrogens is 326 g/mol. The minimum atomic E-state index is 0.369. The second-order valence-electron chi connectivity index (χ2n) is 6.78. The van der Waals surface area contributed by atoms with E-state index in [9.17, 15) is 0 Å². The summed E-state index contributed by atoms with van der Waals surface area (Å²) >= 11 is 0. The number of ether oxygens (including phenoxy) is 1. The van der Waals surface area contributed by atoms with Crippen LogP contribution < -0.4 is 4.74 Å². The highest BCUT2D eigenvalue weighted by Crippen LogP contribution is 2.31. The molecule has 0 saturated carbocycles. The van der Waals surface area contributed by atoms with Crippen molar-refractivity contribution in [2.45, 2.75) is 39.3 Å². The van der Waals surface area contributed by atoms with Gasteiger partial charge in [-0.15, -0.1) is 0 Å². The topological polar surface area (TPSA) is 59.0 Å². The molecule has 26 heavy (non-hydrogen) atoms. The van der Waals surface area contributed by atoms with Gasteiger partial charge in [0.2, 0.25) is 0 Å². The zero-order valence-corrected chi connectivity index (χ0v) is 15.6. The average Bonchev–Trinajstić information content (AvgIpc) is 3.29. The quantitative estimate of drug-likeness (QED) is 0.765. The third kappa shape index (κ3) is 2.90. The summed E-state index contributed by atoms with van der Waals surface area (Å²) in [6.45, 7) is 6.31. The van der Waals surface area contributed by atoms with Gasteiger partial charge in [-0.05, 0) is 37.6 Å². The maximum Gasteiger partial charge on any atom is 0.119 e. The van der Waals surface area contributed by atoms with Gasteiger partial charge >= 0.3 is 0 Å².